The van der Waals surface area contributed by atoms with Gasteiger partial charge in [0.05, 0.1) is 5.69 Å². The molecule has 172 valence electrons. The molecule has 1 aliphatic rings. The minimum atomic E-state index is -1.01. The third kappa shape index (κ3) is 7.46. The van der Waals surface area contributed by atoms with Gasteiger partial charge in [-0.2, -0.15) is 0 Å². The summed E-state index contributed by atoms with van der Waals surface area (Å²) in [5, 5.41) is 13.6. The molecule has 0 spiro atoms. The van der Waals surface area contributed by atoms with Crippen molar-refractivity contribution in [1.29, 1.82) is 0 Å². The molecule has 8 nitrogen and oxygen atoms in total. The second-order valence-electron chi connectivity index (χ2n) is 8.18. The Kier molecular flexibility index (Phi) is 9.17. The third-order valence-electron chi connectivity index (χ3n) is 5.45. The molecule has 1 atom stereocenters. The molecule has 0 saturated heterocycles. The SMILES string of the molecule is CC(C)C(NC(=O)Nc1cc(F)ccc1F)C(=O)N(CCC1CCCC1)CC(=O)NO. The third-order valence-corrected chi connectivity index (χ3v) is 5.45. The number of anilines is 1. The molecule has 0 bridgehead atoms. The maximum Gasteiger partial charge on any atom is 0.319 e. The molecule has 1 fully saturated rings. The topological polar surface area (TPSA) is 111 Å². The number of carbonyl (C=O) groups is 3. The maximum atomic E-state index is 13.8. The maximum absolute atomic E-state index is 13.8. The molecule has 31 heavy (non-hydrogen) atoms. The zero-order chi connectivity index (χ0) is 23.0. The molecule has 0 aliphatic heterocycles. The Bertz CT molecular complexity index is 785. The van der Waals surface area contributed by atoms with Gasteiger partial charge in [0.25, 0.3) is 5.91 Å². The first-order chi connectivity index (χ1) is 14.7. The van der Waals surface area contributed by atoms with E-state index in [4.69, 9.17) is 5.21 Å². The lowest BCUT2D eigenvalue weighted by atomic mass is 10.0. The van der Waals surface area contributed by atoms with Crippen LogP contribution in [0.3, 0.4) is 0 Å². The predicted octanol–water partition coefficient (Wildman–Crippen LogP) is 3.03. The summed E-state index contributed by atoms with van der Waals surface area (Å²) >= 11 is 0. The highest BCUT2D eigenvalue weighted by Gasteiger charge is 2.30. The molecule has 1 unspecified atom stereocenters. The van der Waals surface area contributed by atoms with Crippen LogP contribution in [0.4, 0.5) is 19.3 Å². The normalized spacial score (nSPS) is 14.9. The number of rotatable bonds is 9. The van der Waals surface area contributed by atoms with Crippen LogP contribution in [0.1, 0.15) is 46.0 Å². The summed E-state index contributed by atoms with van der Waals surface area (Å²) in [4.78, 5) is 38.5. The van der Waals surface area contributed by atoms with E-state index in [9.17, 15) is 23.2 Å². The summed E-state index contributed by atoms with van der Waals surface area (Å²) in [5.74, 6) is -2.65. The van der Waals surface area contributed by atoms with Gasteiger partial charge in [-0.3, -0.25) is 14.8 Å². The molecular weight excluding hydrogens is 410 g/mol. The van der Waals surface area contributed by atoms with E-state index in [1.165, 1.54) is 10.4 Å². The smallest absolute Gasteiger partial charge is 0.319 e. The Morgan fingerprint density at radius 3 is 2.48 bits per heavy atom. The van der Waals surface area contributed by atoms with Gasteiger partial charge in [-0.15, -0.1) is 0 Å². The Balaban J connectivity index is 2.08. The lowest BCUT2D eigenvalue weighted by Crippen LogP contribution is -2.54. The number of benzene rings is 1. The summed E-state index contributed by atoms with van der Waals surface area (Å²) in [6, 6.07) is 0.757. The highest BCUT2D eigenvalue weighted by molar-refractivity contribution is 5.94. The standard InChI is InChI=1S/C21H30F2N4O4/c1-13(2)19(25-21(30)24-17-11-15(22)7-8-16(17)23)20(29)27(12-18(28)26-31)10-9-14-5-3-4-6-14/h7-8,11,13-14,19,31H,3-6,9-10,12H2,1-2H3,(H,26,28)(H2,24,25,30). The van der Waals surface area contributed by atoms with Gasteiger partial charge in [0, 0.05) is 12.6 Å². The molecule has 2 rings (SSSR count). The van der Waals surface area contributed by atoms with Crippen LogP contribution in [0.2, 0.25) is 0 Å². The molecule has 0 aromatic heterocycles. The van der Waals surface area contributed by atoms with Crippen molar-refractivity contribution in [2.24, 2.45) is 11.8 Å². The zero-order valence-corrected chi connectivity index (χ0v) is 17.8. The van der Waals surface area contributed by atoms with Crippen LogP contribution in [0, 0.1) is 23.5 Å². The van der Waals surface area contributed by atoms with Crippen molar-refractivity contribution in [3.8, 4) is 0 Å². The van der Waals surface area contributed by atoms with Gasteiger partial charge < -0.3 is 15.5 Å². The number of amides is 4. The van der Waals surface area contributed by atoms with Gasteiger partial charge in [0.1, 0.15) is 24.2 Å². The Labute approximate surface area is 180 Å². The monoisotopic (exact) mass is 440 g/mol. The fraction of sp³-hybridized carbons (Fsp3) is 0.571. The van der Waals surface area contributed by atoms with E-state index in [1.807, 2.05) is 0 Å². The second kappa shape index (κ2) is 11.6. The molecule has 0 heterocycles. The molecule has 1 aromatic carbocycles. The van der Waals surface area contributed by atoms with E-state index in [1.54, 1.807) is 13.8 Å². The van der Waals surface area contributed by atoms with Crippen molar-refractivity contribution in [1.82, 2.24) is 15.7 Å². The second-order valence-corrected chi connectivity index (χ2v) is 8.18. The van der Waals surface area contributed by atoms with E-state index < -0.39 is 35.5 Å². The predicted molar refractivity (Wildman–Crippen MR) is 110 cm³/mol. The Hall–Kier alpha value is -2.75. The molecule has 10 heteroatoms. The molecule has 0 radical (unpaired) electrons. The summed E-state index contributed by atoms with van der Waals surface area (Å²) in [5.41, 5.74) is 1.17. The highest BCUT2D eigenvalue weighted by atomic mass is 19.1. The average Bonchev–Trinajstić information content (AvgIpc) is 3.24. The Morgan fingerprint density at radius 1 is 1.19 bits per heavy atom. The molecule has 1 saturated carbocycles. The van der Waals surface area contributed by atoms with Gasteiger partial charge in [-0.1, -0.05) is 39.5 Å². The van der Waals surface area contributed by atoms with Gasteiger partial charge in [0.15, 0.2) is 0 Å². The molecular formula is C21H30F2N4O4. The first kappa shape index (κ1) is 24.5. The van der Waals surface area contributed by atoms with Gasteiger partial charge in [-0.25, -0.2) is 19.1 Å². The summed E-state index contributed by atoms with van der Waals surface area (Å²) in [6.45, 7) is 3.38. The van der Waals surface area contributed by atoms with Crippen molar-refractivity contribution in [2.45, 2.75) is 52.0 Å². The van der Waals surface area contributed by atoms with Crippen molar-refractivity contribution in [3.63, 3.8) is 0 Å². The van der Waals surface area contributed by atoms with Crippen LogP contribution in [0.25, 0.3) is 0 Å². The quantitative estimate of drug-likeness (QED) is 0.349. The molecule has 4 N–H and O–H groups in total. The number of halogens is 2. The van der Waals surface area contributed by atoms with E-state index in [0.29, 0.717) is 12.5 Å². The average molecular weight is 440 g/mol. The first-order valence-electron chi connectivity index (χ1n) is 10.5. The number of nitrogens with zero attached hydrogens (tertiary/aromatic N) is 1. The summed E-state index contributed by atoms with van der Waals surface area (Å²) in [7, 11) is 0. The van der Waals surface area contributed by atoms with E-state index in [-0.39, 0.29) is 18.2 Å². The van der Waals surface area contributed by atoms with Crippen molar-refractivity contribution < 1.29 is 28.4 Å². The van der Waals surface area contributed by atoms with Crippen molar-refractivity contribution >= 4 is 23.5 Å². The summed E-state index contributed by atoms with van der Waals surface area (Å²) < 4.78 is 27.1. The molecule has 4 amide bonds. The number of carbonyl (C=O) groups excluding carboxylic acids is 3. The number of hydrogen-bond acceptors (Lipinski definition) is 4. The first-order valence-corrected chi connectivity index (χ1v) is 10.5. The van der Waals surface area contributed by atoms with Crippen LogP contribution < -0.4 is 16.1 Å². The number of nitrogens with one attached hydrogen (secondary N) is 3. The minimum absolute atomic E-state index is 0.308. The zero-order valence-electron chi connectivity index (χ0n) is 17.8. The van der Waals surface area contributed by atoms with E-state index in [0.717, 1.165) is 50.3 Å². The van der Waals surface area contributed by atoms with Crippen LogP contribution >= 0.6 is 0 Å². The minimum Gasteiger partial charge on any atom is -0.332 e. The summed E-state index contributed by atoms with van der Waals surface area (Å²) in [6.07, 6.45) is 5.14. The van der Waals surface area contributed by atoms with E-state index in [2.05, 4.69) is 10.6 Å². The van der Waals surface area contributed by atoms with Crippen LogP contribution in [-0.2, 0) is 9.59 Å². The van der Waals surface area contributed by atoms with Crippen molar-refractivity contribution in [3.05, 3.63) is 29.8 Å². The number of urea groups is 1. The van der Waals surface area contributed by atoms with Crippen LogP contribution in [0.15, 0.2) is 18.2 Å². The molecule has 1 aromatic rings. The van der Waals surface area contributed by atoms with Crippen LogP contribution in [-0.4, -0.2) is 47.1 Å². The fourth-order valence-corrected chi connectivity index (χ4v) is 3.72. The van der Waals surface area contributed by atoms with E-state index >= 15 is 0 Å². The number of hydrogen-bond donors (Lipinski definition) is 4. The molecule has 1 aliphatic carbocycles. The van der Waals surface area contributed by atoms with Gasteiger partial charge in [-0.05, 0) is 30.4 Å². The highest BCUT2D eigenvalue weighted by Crippen LogP contribution is 2.27. The van der Waals surface area contributed by atoms with Crippen LogP contribution in [0.5, 0.6) is 0 Å². The van der Waals surface area contributed by atoms with Gasteiger partial charge in [0.2, 0.25) is 5.91 Å². The van der Waals surface area contributed by atoms with Gasteiger partial charge >= 0.3 is 6.03 Å². The lowest BCUT2D eigenvalue weighted by molar-refractivity contribution is -0.141. The Morgan fingerprint density at radius 2 is 1.87 bits per heavy atom. The number of hydroxylamine groups is 1. The fourth-order valence-electron chi connectivity index (χ4n) is 3.72. The van der Waals surface area contributed by atoms with Crippen molar-refractivity contribution in [2.75, 3.05) is 18.4 Å². The largest absolute Gasteiger partial charge is 0.332 e. The lowest BCUT2D eigenvalue weighted by Gasteiger charge is -2.30.